The van der Waals surface area contributed by atoms with Gasteiger partial charge in [-0.3, -0.25) is 0 Å². The molecule has 4 heteroatoms. The Morgan fingerprint density at radius 2 is 1.90 bits per heavy atom. The minimum Gasteiger partial charge on any atom is -0.309 e. The Balaban J connectivity index is 2.55. The first kappa shape index (κ1) is 15.5. The lowest BCUT2D eigenvalue weighted by Crippen LogP contribution is -2.20. The second kappa shape index (κ2) is 6.25. The third-order valence-electron chi connectivity index (χ3n) is 3.34. The molecule has 1 N–H and O–H groups in total. The van der Waals surface area contributed by atoms with Crippen molar-refractivity contribution >= 4 is 27.5 Å². The molecule has 106 valence electrons. The van der Waals surface area contributed by atoms with E-state index in [2.05, 4.69) is 21.2 Å². The smallest absolute Gasteiger partial charge is 0.128 e. The maximum absolute atomic E-state index is 14.3. The van der Waals surface area contributed by atoms with Crippen LogP contribution in [0.4, 0.5) is 4.39 Å². The fraction of sp³-hybridized carbons (Fsp3) is 0.250. The summed E-state index contributed by atoms with van der Waals surface area (Å²) in [5.41, 5.74) is 3.45. The van der Waals surface area contributed by atoms with Crippen LogP contribution in [0.1, 0.15) is 28.3 Å². The highest BCUT2D eigenvalue weighted by Crippen LogP contribution is 2.32. The topological polar surface area (TPSA) is 12.0 Å². The van der Waals surface area contributed by atoms with E-state index in [1.807, 2.05) is 45.2 Å². The van der Waals surface area contributed by atoms with Crippen molar-refractivity contribution in [1.82, 2.24) is 5.32 Å². The van der Waals surface area contributed by atoms with Crippen LogP contribution in [0.25, 0.3) is 0 Å². The molecular formula is C16H16BrClFN. The summed E-state index contributed by atoms with van der Waals surface area (Å²) >= 11 is 9.51. The minimum absolute atomic E-state index is 0.194. The molecule has 0 amide bonds. The zero-order chi connectivity index (χ0) is 14.9. The number of rotatable bonds is 3. The molecule has 0 bridgehead atoms. The van der Waals surface area contributed by atoms with Gasteiger partial charge in [0.15, 0.2) is 0 Å². The molecule has 20 heavy (non-hydrogen) atoms. The van der Waals surface area contributed by atoms with Crippen molar-refractivity contribution in [1.29, 1.82) is 0 Å². The van der Waals surface area contributed by atoms with E-state index in [0.717, 1.165) is 21.2 Å². The number of hydrogen-bond acceptors (Lipinski definition) is 1. The maximum Gasteiger partial charge on any atom is 0.128 e. The number of hydrogen-bond donors (Lipinski definition) is 1. The van der Waals surface area contributed by atoms with Crippen molar-refractivity contribution < 1.29 is 4.39 Å². The van der Waals surface area contributed by atoms with E-state index in [9.17, 15) is 4.39 Å². The number of halogens is 3. The largest absolute Gasteiger partial charge is 0.309 e. The third-order valence-corrected chi connectivity index (χ3v) is 4.57. The normalized spacial score (nSPS) is 12.5. The van der Waals surface area contributed by atoms with Crippen molar-refractivity contribution in [3.05, 3.63) is 67.9 Å². The summed E-state index contributed by atoms with van der Waals surface area (Å²) in [5.74, 6) is -0.194. The Hall–Kier alpha value is -0.900. The summed E-state index contributed by atoms with van der Waals surface area (Å²) in [5, 5.41) is 3.79. The molecule has 2 aromatic carbocycles. The molecule has 0 heterocycles. The first-order chi connectivity index (χ1) is 9.43. The number of aryl methyl sites for hydroxylation is 2. The van der Waals surface area contributed by atoms with E-state index in [4.69, 9.17) is 11.6 Å². The van der Waals surface area contributed by atoms with E-state index in [1.165, 1.54) is 0 Å². The summed E-state index contributed by atoms with van der Waals surface area (Å²) in [6.45, 7) is 3.82. The molecule has 0 aliphatic carbocycles. The summed E-state index contributed by atoms with van der Waals surface area (Å²) < 4.78 is 15.2. The van der Waals surface area contributed by atoms with Gasteiger partial charge >= 0.3 is 0 Å². The first-order valence-electron chi connectivity index (χ1n) is 6.33. The fourth-order valence-electron chi connectivity index (χ4n) is 2.46. The van der Waals surface area contributed by atoms with Crippen LogP contribution in [0.5, 0.6) is 0 Å². The molecule has 0 aliphatic heterocycles. The highest BCUT2D eigenvalue weighted by Gasteiger charge is 2.19. The van der Waals surface area contributed by atoms with Crippen molar-refractivity contribution in [3.63, 3.8) is 0 Å². The molecule has 1 atom stereocenters. The summed E-state index contributed by atoms with van der Waals surface area (Å²) in [4.78, 5) is 0. The Morgan fingerprint density at radius 3 is 2.45 bits per heavy atom. The number of benzene rings is 2. The molecule has 1 nitrogen and oxygen atoms in total. The predicted molar refractivity (Wildman–Crippen MR) is 85.9 cm³/mol. The molecule has 0 radical (unpaired) electrons. The van der Waals surface area contributed by atoms with Gasteiger partial charge in [0.2, 0.25) is 0 Å². The van der Waals surface area contributed by atoms with Gasteiger partial charge in [0.25, 0.3) is 0 Å². The lowest BCUT2D eigenvalue weighted by atomic mass is 9.93. The molecule has 0 saturated heterocycles. The summed E-state index contributed by atoms with van der Waals surface area (Å²) in [7, 11) is 1.82. The van der Waals surface area contributed by atoms with Gasteiger partial charge < -0.3 is 5.32 Å². The predicted octanol–water partition coefficient (Wildman–Crippen LogP) is 5.17. The van der Waals surface area contributed by atoms with Crippen LogP contribution in [-0.4, -0.2) is 7.05 Å². The maximum atomic E-state index is 14.3. The lowest BCUT2D eigenvalue weighted by Gasteiger charge is -2.21. The van der Waals surface area contributed by atoms with E-state index >= 15 is 0 Å². The van der Waals surface area contributed by atoms with E-state index in [1.54, 1.807) is 6.07 Å². The zero-order valence-corrected chi connectivity index (χ0v) is 13.9. The van der Waals surface area contributed by atoms with Crippen LogP contribution in [0, 0.1) is 19.7 Å². The van der Waals surface area contributed by atoms with Crippen LogP contribution in [-0.2, 0) is 0 Å². The van der Waals surface area contributed by atoms with Gasteiger partial charge in [-0.25, -0.2) is 4.39 Å². The highest BCUT2D eigenvalue weighted by atomic mass is 79.9. The molecule has 2 aromatic rings. The second-order valence-electron chi connectivity index (χ2n) is 4.87. The Morgan fingerprint density at radius 1 is 1.20 bits per heavy atom. The van der Waals surface area contributed by atoms with E-state index < -0.39 is 0 Å². The van der Waals surface area contributed by atoms with Crippen molar-refractivity contribution in [3.8, 4) is 0 Å². The van der Waals surface area contributed by atoms with Gasteiger partial charge in [-0.2, -0.15) is 0 Å². The Labute approximate surface area is 132 Å². The molecule has 2 rings (SSSR count). The van der Waals surface area contributed by atoms with E-state index in [-0.39, 0.29) is 11.9 Å². The van der Waals surface area contributed by atoms with Gasteiger partial charge in [-0.05, 0) is 71.7 Å². The average Bonchev–Trinajstić information content (AvgIpc) is 2.37. The molecule has 0 spiro atoms. The molecule has 1 unspecified atom stereocenters. The van der Waals surface area contributed by atoms with Crippen LogP contribution >= 0.6 is 27.5 Å². The average molecular weight is 357 g/mol. The van der Waals surface area contributed by atoms with Gasteiger partial charge in [0.1, 0.15) is 5.82 Å². The van der Waals surface area contributed by atoms with Crippen molar-refractivity contribution in [2.75, 3.05) is 7.05 Å². The molecule has 0 fully saturated rings. The van der Waals surface area contributed by atoms with Crippen molar-refractivity contribution in [2.45, 2.75) is 19.9 Å². The second-order valence-corrected chi connectivity index (χ2v) is 6.13. The van der Waals surface area contributed by atoms with Crippen LogP contribution < -0.4 is 5.32 Å². The zero-order valence-electron chi connectivity index (χ0n) is 11.6. The number of nitrogens with one attached hydrogen (secondary N) is 1. The lowest BCUT2D eigenvalue weighted by molar-refractivity contribution is 0.572. The van der Waals surface area contributed by atoms with Gasteiger partial charge in [-0.15, -0.1) is 0 Å². The third kappa shape index (κ3) is 3.05. The molecule has 0 aliphatic rings. The minimum atomic E-state index is -0.221. The van der Waals surface area contributed by atoms with E-state index in [0.29, 0.717) is 10.6 Å². The van der Waals surface area contributed by atoms with Gasteiger partial charge in [-0.1, -0.05) is 23.7 Å². The monoisotopic (exact) mass is 355 g/mol. The van der Waals surface area contributed by atoms with Crippen LogP contribution in [0.15, 0.2) is 34.8 Å². The highest BCUT2D eigenvalue weighted by molar-refractivity contribution is 9.10. The van der Waals surface area contributed by atoms with Crippen molar-refractivity contribution in [2.24, 2.45) is 0 Å². The summed E-state index contributed by atoms with van der Waals surface area (Å²) in [6, 6.07) is 9.00. The standard InChI is InChI=1S/C16H16BrClFN/c1-9-6-10(2)15(14(19)7-9)16(20-3)11-4-5-12(17)13(18)8-11/h4-8,16,20H,1-3H3. The molecular weight excluding hydrogens is 341 g/mol. The Bertz CT molecular complexity index is 619. The van der Waals surface area contributed by atoms with Gasteiger partial charge in [0.05, 0.1) is 11.1 Å². The van der Waals surface area contributed by atoms with Crippen LogP contribution in [0.2, 0.25) is 5.02 Å². The SMILES string of the molecule is CNC(c1ccc(Br)c(Cl)c1)c1c(C)cc(C)cc1F. The quantitative estimate of drug-likeness (QED) is 0.800. The first-order valence-corrected chi connectivity index (χ1v) is 7.50. The fourth-order valence-corrected chi connectivity index (χ4v) is 2.90. The van der Waals surface area contributed by atoms with Gasteiger partial charge in [0, 0.05) is 10.0 Å². The molecule has 0 saturated carbocycles. The Kier molecular flexibility index (Phi) is 4.84. The van der Waals surface area contributed by atoms with Crippen LogP contribution in [0.3, 0.4) is 0 Å². The molecule has 0 aromatic heterocycles. The summed E-state index contributed by atoms with van der Waals surface area (Å²) in [6.07, 6.45) is 0.